The van der Waals surface area contributed by atoms with Crippen molar-refractivity contribution in [1.82, 2.24) is 10.2 Å². The Bertz CT molecular complexity index is 208. The average molecular weight is 213 g/mol. The number of likely N-dealkylation sites (N-methyl/N-ethyl adjacent to an activating group) is 1. The zero-order valence-corrected chi connectivity index (χ0v) is 9.83. The van der Waals surface area contributed by atoms with E-state index in [1.165, 1.54) is 19.3 Å². The molecule has 0 saturated carbocycles. The van der Waals surface area contributed by atoms with Crippen LogP contribution >= 0.6 is 0 Å². The number of amides is 1. The molecule has 0 aromatic rings. The minimum Gasteiger partial charge on any atom is -0.368 e. The van der Waals surface area contributed by atoms with Crippen LogP contribution < -0.4 is 11.1 Å². The second-order valence-electron chi connectivity index (χ2n) is 4.35. The van der Waals surface area contributed by atoms with Crippen LogP contribution in [0.2, 0.25) is 0 Å². The van der Waals surface area contributed by atoms with Gasteiger partial charge in [-0.1, -0.05) is 13.3 Å². The molecule has 0 radical (unpaired) electrons. The van der Waals surface area contributed by atoms with Crippen molar-refractivity contribution in [2.24, 2.45) is 5.73 Å². The fraction of sp³-hybridized carbons (Fsp3) is 0.909. The molecule has 4 nitrogen and oxygen atoms in total. The van der Waals surface area contributed by atoms with Crippen molar-refractivity contribution in [2.75, 3.05) is 19.6 Å². The van der Waals surface area contributed by atoms with E-state index >= 15 is 0 Å². The minimum absolute atomic E-state index is 0.199. The predicted molar refractivity (Wildman–Crippen MR) is 61.5 cm³/mol. The van der Waals surface area contributed by atoms with Crippen molar-refractivity contribution in [3.05, 3.63) is 0 Å². The van der Waals surface area contributed by atoms with E-state index in [4.69, 9.17) is 5.73 Å². The van der Waals surface area contributed by atoms with Gasteiger partial charge in [-0.2, -0.15) is 0 Å². The lowest BCUT2D eigenvalue weighted by molar-refractivity contribution is -0.120. The molecule has 0 spiro atoms. The van der Waals surface area contributed by atoms with Gasteiger partial charge in [-0.3, -0.25) is 9.69 Å². The van der Waals surface area contributed by atoms with Crippen LogP contribution in [0.4, 0.5) is 0 Å². The SMILES string of the molecule is CCNC(CN1CCCCC1C)C(N)=O. The van der Waals surface area contributed by atoms with Gasteiger partial charge >= 0.3 is 0 Å². The fourth-order valence-electron chi connectivity index (χ4n) is 2.16. The molecule has 0 aromatic heterocycles. The summed E-state index contributed by atoms with van der Waals surface area (Å²) in [7, 11) is 0. The smallest absolute Gasteiger partial charge is 0.235 e. The number of nitrogens with two attached hydrogens (primary N) is 1. The number of carbonyl (C=O) groups excluding carboxylic acids is 1. The van der Waals surface area contributed by atoms with E-state index in [9.17, 15) is 4.79 Å². The second kappa shape index (κ2) is 6.08. The molecule has 0 aliphatic carbocycles. The Hall–Kier alpha value is -0.610. The van der Waals surface area contributed by atoms with E-state index in [0.29, 0.717) is 6.04 Å². The van der Waals surface area contributed by atoms with Crippen LogP contribution in [0.1, 0.15) is 33.1 Å². The molecule has 88 valence electrons. The maximum Gasteiger partial charge on any atom is 0.235 e. The Balaban J connectivity index is 2.44. The average Bonchev–Trinajstić information content (AvgIpc) is 2.20. The molecule has 1 rings (SSSR count). The molecule has 15 heavy (non-hydrogen) atoms. The monoisotopic (exact) mass is 213 g/mol. The van der Waals surface area contributed by atoms with Crippen molar-refractivity contribution >= 4 is 5.91 Å². The van der Waals surface area contributed by atoms with Crippen LogP contribution in [-0.2, 0) is 4.79 Å². The molecule has 4 heteroatoms. The number of hydrogen-bond donors (Lipinski definition) is 2. The first-order valence-corrected chi connectivity index (χ1v) is 5.92. The van der Waals surface area contributed by atoms with Gasteiger partial charge in [-0.05, 0) is 32.9 Å². The molecule has 1 heterocycles. The number of nitrogens with zero attached hydrogens (tertiary/aromatic N) is 1. The van der Waals surface area contributed by atoms with Gasteiger partial charge in [0.05, 0.1) is 6.04 Å². The first kappa shape index (κ1) is 12.5. The van der Waals surface area contributed by atoms with Crippen LogP contribution in [0, 0.1) is 0 Å². The zero-order chi connectivity index (χ0) is 11.3. The van der Waals surface area contributed by atoms with Gasteiger partial charge in [0, 0.05) is 12.6 Å². The van der Waals surface area contributed by atoms with Gasteiger partial charge < -0.3 is 11.1 Å². The lowest BCUT2D eigenvalue weighted by Gasteiger charge is -2.35. The summed E-state index contributed by atoms with van der Waals surface area (Å²) >= 11 is 0. The Morgan fingerprint density at radius 2 is 2.33 bits per heavy atom. The highest BCUT2D eigenvalue weighted by atomic mass is 16.1. The molecule has 1 saturated heterocycles. The van der Waals surface area contributed by atoms with Crippen LogP contribution in [0.3, 0.4) is 0 Å². The number of carbonyl (C=O) groups is 1. The van der Waals surface area contributed by atoms with Gasteiger partial charge in [0.1, 0.15) is 0 Å². The molecule has 1 amide bonds. The van der Waals surface area contributed by atoms with Gasteiger partial charge in [0.2, 0.25) is 5.91 Å². The van der Waals surface area contributed by atoms with Gasteiger partial charge in [0.25, 0.3) is 0 Å². The van der Waals surface area contributed by atoms with Crippen molar-refractivity contribution in [3.63, 3.8) is 0 Å². The maximum atomic E-state index is 11.2. The summed E-state index contributed by atoms with van der Waals surface area (Å²) in [6.07, 6.45) is 3.78. The van der Waals surface area contributed by atoms with Crippen LogP contribution in [0.15, 0.2) is 0 Å². The Kier molecular flexibility index (Phi) is 5.05. The third-order valence-corrected chi connectivity index (χ3v) is 3.15. The molecule has 1 aliphatic rings. The van der Waals surface area contributed by atoms with Gasteiger partial charge in [0.15, 0.2) is 0 Å². The molecular weight excluding hydrogens is 190 g/mol. The number of rotatable bonds is 5. The Labute approximate surface area is 92.2 Å². The molecule has 1 aliphatic heterocycles. The van der Waals surface area contributed by atoms with E-state index in [0.717, 1.165) is 19.6 Å². The van der Waals surface area contributed by atoms with Gasteiger partial charge in [-0.15, -0.1) is 0 Å². The molecule has 1 fully saturated rings. The lowest BCUT2D eigenvalue weighted by atomic mass is 10.0. The largest absolute Gasteiger partial charge is 0.368 e. The Morgan fingerprint density at radius 3 is 2.87 bits per heavy atom. The van der Waals surface area contributed by atoms with E-state index in [1.807, 2.05) is 6.92 Å². The van der Waals surface area contributed by atoms with Crippen molar-refractivity contribution in [3.8, 4) is 0 Å². The third-order valence-electron chi connectivity index (χ3n) is 3.15. The van der Waals surface area contributed by atoms with Crippen LogP contribution in [0.5, 0.6) is 0 Å². The molecule has 0 bridgehead atoms. The summed E-state index contributed by atoms with van der Waals surface area (Å²) < 4.78 is 0. The van der Waals surface area contributed by atoms with E-state index in [-0.39, 0.29) is 11.9 Å². The quantitative estimate of drug-likeness (QED) is 0.691. The van der Waals surface area contributed by atoms with Crippen LogP contribution in [0.25, 0.3) is 0 Å². The molecule has 2 unspecified atom stereocenters. The second-order valence-corrected chi connectivity index (χ2v) is 4.35. The van der Waals surface area contributed by atoms with Crippen LogP contribution in [-0.4, -0.2) is 42.5 Å². The summed E-state index contributed by atoms with van der Waals surface area (Å²) in [6.45, 7) is 6.86. The molecule has 0 aromatic carbocycles. The normalized spacial score (nSPS) is 25.1. The lowest BCUT2D eigenvalue weighted by Crippen LogP contribution is -2.52. The van der Waals surface area contributed by atoms with Crippen molar-refractivity contribution in [2.45, 2.75) is 45.2 Å². The summed E-state index contributed by atoms with van der Waals surface area (Å²) in [6, 6.07) is 0.384. The summed E-state index contributed by atoms with van der Waals surface area (Å²) in [5.41, 5.74) is 5.36. The van der Waals surface area contributed by atoms with E-state index in [2.05, 4.69) is 17.1 Å². The van der Waals surface area contributed by atoms with Crippen molar-refractivity contribution < 1.29 is 4.79 Å². The van der Waals surface area contributed by atoms with Gasteiger partial charge in [-0.25, -0.2) is 0 Å². The first-order valence-electron chi connectivity index (χ1n) is 5.92. The number of nitrogens with one attached hydrogen (secondary N) is 1. The third kappa shape index (κ3) is 3.80. The maximum absolute atomic E-state index is 11.2. The number of hydrogen-bond acceptors (Lipinski definition) is 3. The van der Waals surface area contributed by atoms with E-state index in [1.54, 1.807) is 0 Å². The highest BCUT2D eigenvalue weighted by molar-refractivity contribution is 5.80. The fourth-order valence-corrected chi connectivity index (χ4v) is 2.16. The number of piperidine rings is 1. The molecule has 3 N–H and O–H groups in total. The Morgan fingerprint density at radius 1 is 1.60 bits per heavy atom. The number of primary amides is 1. The van der Waals surface area contributed by atoms with Crippen molar-refractivity contribution in [1.29, 1.82) is 0 Å². The minimum atomic E-state index is -0.241. The summed E-state index contributed by atoms with van der Waals surface area (Å²) in [5, 5.41) is 3.13. The predicted octanol–water partition coefficient (Wildman–Crippen LogP) is 0.324. The van der Waals surface area contributed by atoms with E-state index < -0.39 is 0 Å². The summed E-state index contributed by atoms with van der Waals surface area (Å²) in [4.78, 5) is 13.6. The standard InChI is InChI=1S/C11H23N3O/c1-3-13-10(11(12)15)8-14-7-5-4-6-9(14)2/h9-10,13H,3-8H2,1-2H3,(H2,12,15). The highest BCUT2D eigenvalue weighted by Crippen LogP contribution is 2.16. The molecular formula is C11H23N3O. The zero-order valence-electron chi connectivity index (χ0n) is 9.83. The topological polar surface area (TPSA) is 58.4 Å². The number of likely N-dealkylation sites (tertiary alicyclic amines) is 1. The molecule has 2 atom stereocenters. The first-order chi connectivity index (χ1) is 7.15. The highest BCUT2D eigenvalue weighted by Gasteiger charge is 2.23. The summed E-state index contributed by atoms with van der Waals surface area (Å²) in [5.74, 6) is -0.241.